The highest BCUT2D eigenvalue weighted by molar-refractivity contribution is 8.06. The summed E-state index contributed by atoms with van der Waals surface area (Å²) in [6, 6.07) is 5.76. The fourth-order valence-electron chi connectivity index (χ4n) is 2.37. The molecule has 102 valence electrons. The van der Waals surface area contributed by atoms with Gasteiger partial charge in [-0.15, -0.1) is 0 Å². The van der Waals surface area contributed by atoms with Crippen molar-refractivity contribution in [2.24, 2.45) is 0 Å². The molecular weight excluding hydrogens is 278 g/mol. The molecule has 1 saturated heterocycles. The highest BCUT2D eigenvalue weighted by Gasteiger charge is 2.18. The van der Waals surface area contributed by atoms with Crippen molar-refractivity contribution in [3.8, 4) is 0 Å². The number of aliphatic hydroxyl groups is 1. The van der Waals surface area contributed by atoms with Crippen LogP contribution in [0.4, 0.5) is 5.69 Å². The first-order chi connectivity index (χ1) is 9.28. The monoisotopic (exact) mass is 295 g/mol. The molecule has 2 aromatic rings. The van der Waals surface area contributed by atoms with Crippen LogP contribution in [0.5, 0.6) is 0 Å². The van der Waals surface area contributed by atoms with E-state index in [0.717, 1.165) is 23.4 Å². The SMILES string of the molecule is Nc1ccc2c(c1)nc(CO)n2CC1CSCCS1. The average Bonchev–Trinajstić information content (AvgIpc) is 2.77. The zero-order valence-corrected chi connectivity index (χ0v) is 12.2. The number of aromatic nitrogens is 2. The minimum absolute atomic E-state index is 0.0287. The Kier molecular flexibility index (Phi) is 3.91. The summed E-state index contributed by atoms with van der Waals surface area (Å²) < 4.78 is 2.14. The molecule has 0 amide bonds. The van der Waals surface area contributed by atoms with E-state index < -0.39 is 0 Å². The maximum absolute atomic E-state index is 9.49. The lowest BCUT2D eigenvalue weighted by Gasteiger charge is -2.22. The van der Waals surface area contributed by atoms with Crippen molar-refractivity contribution >= 4 is 40.2 Å². The number of rotatable bonds is 3. The van der Waals surface area contributed by atoms with Crippen molar-refractivity contribution < 1.29 is 5.11 Å². The topological polar surface area (TPSA) is 64.1 Å². The summed E-state index contributed by atoms with van der Waals surface area (Å²) >= 11 is 4.03. The lowest BCUT2D eigenvalue weighted by atomic mass is 10.3. The quantitative estimate of drug-likeness (QED) is 0.848. The van der Waals surface area contributed by atoms with Crippen LogP contribution in [0.3, 0.4) is 0 Å². The van der Waals surface area contributed by atoms with Crippen molar-refractivity contribution in [1.29, 1.82) is 0 Å². The van der Waals surface area contributed by atoms with Crippen LogP contribution in [0, 0.1) is 0 Å². The summed E-state index contributed by atoms with van der Waals surface area (Å²) in [5.74, 6) is 4.36. The number of thioether (sulfide) groups is 2. The molecule has 1 aromatic heterocycles. The molecule has 3 rings (SSSR count). The van der Waals surface area contributed by atoms with Gasteiger partial charge in [-0.2, -0.15) is 23.5 Å². The van der Waals surface area contributed by atoms with Crippen molar-refractivity contribution in [2.45, 2.75) is 18.4 Å². The van der Waals surface area contributed by atoms with Crippen LogP contribution in [-0.4, -0.2) is 37.2 Å². The minimum atomic E-state index is -0.0287. The van der Waals surface area contributed by atoms with Crippen molar-refractivity contribution in [3.05, 3.63) is 24.0 Å². The lowest BCUT2D eigenvalue weighted by Crippen LogP contribution is -2.21. The standard InChI is InChI=1S/C13H17N3OS2/c14-9-1-2-12-11(5-9)15-13(7-17)16(12)6-10-8-18-3-4-19-10/h1-2,5,10,17H,3-4,6-8,14H2. The first kappa shape index (κ1) is 13.1. The van der Waals surface area contributed by atoms with Gasteiger partial charge in [0.15, 0.2) is 0 Å². The fourth-order valence-corrected chi connectivity index (χ4v) is 5.02. The Morgan fingerprint density at radius 1 is 1.42 bits per heavy atom. The highest BCUT2D eigenvalue weighted by Crippen LogP contribution is 2.27. The third-order valence-electron chi connectivity index (χ3n) is 3.26. The second-order valence-electron chi connectivity index (χ2n) is 4.61. The van der Waals surface area contributed by atoms with E-state index in [1.54, 1.807) is 0 Å². The van der Waals surface area contributed by atoms with Gasteiger partial charge in [-0.05, 0) is 18.2 Å². The number of imidazole rings is 1. The molecular formula is C13H17N3OS2. The molecule has 0 bridgehead atoms. The summed E-state index contributed by atoms with van der Waals surface area (Å²) in [5, 5.41) is 10.1. The number of nitrogens with zero attached hydrogens (tertiary/aromatic N) is 2. The second kappa shape index (κ2) is 5.64. The van der Waals surface area contributed by atoms with Crippen molar-refractivity contribution in [2.75, 3.05) is 23.0 Å². The van der Waals surface area contributed by atoms with Gasteiger partial charge in [0.2, 0.25) is 0 Å². The highest BCUT2D eigenvalue weighted by atomic mass is 32.2. The molecule has 0 radical (unpaired) electrons. The van der Waals surface area contributed by atoms with Crippen molar-refractivity contribution in [3.63, 3.8) is 0 Å². The zero-order valence-electron chi connectivity index (χ0n) is 10.6. The Balaban J connectivity index is 1.95. The van der Waals surface area contributed by atoms with Crippen molar-refractivity contribution in [1.82, 2.24) is 9.55 Å². The van der Waals surface area contributed by atoms with Gasteiger partial charge < -0.3 is 15.4 Å². The Labute approximate surface area is 120 Å². The van der Waals surface area contributed by atoms with Crippen LogP contribution in [0.1, 0.15) is 5.82 Å². The molecule has 6 heteroatoms. The first-order valence-corrected chi connectivity index (χ1v) is 8.53. The Morgan fingerprint density at radius 3 is 3.05 bits per heavy atom. The third kappa shape index (κ3) is 2.70. The second-order valence-corrected chi connectivity index (χ2v) is 7.17. The van der Waals surface area contributed by atoms with Crippen LogP contribution in [0.15, 0.2) is 18.2 Å². The molecule has 3 N–H and O–H groups in total. The van der Waals surface area contributed by atoms with Gasteiger partial charge in [-0.1, -0.05) is 0 Å². The molecule has 0 aliphatic carbocycles. The van der Waals surface area contributed by atoms with Gasteiger partial charge >= 0.3 is 0 Å². The summed E-state index contributed by atoms with van der Waals surface area (Å²) in [4.78, 5) is 4.47. The molecule has 0 spiro atoms. The summed E-state index contributed by atoms with van der Waals surface area (Å²) in [6.07, 6.45) is 0. The number of aliphatic hydroxyl groups excluding tert-OH is 1. The maximum Gasteiger partial charge on any atom is 0.135 e. The molecule has 1 aliphatic heterocycles. The number of benzene rings is 1. The molecule has 1 atom stereocenters. The van der Waals surface area contributed by atoms with Crippen LogP contribution >= 0.6 is 23.5 Å². The Morgan fingerprint density at radius 2 is 2.32 bits per heavy atom. The maximum atomic E-state index is 9.49. The van der Waals surface area contributed by atoms with Gasteiger partial charge in [0.1, 0.15) is 12.4 Å². The van der Waals surface area contributed by atoms with Gasteiger partial charge in [-0.3, -0.25) is 0 Å². The Bertz CT molecular complexity index is 579. The number of fused-ring (bicyclic) bond motifs is 1. The van der Waals surface area contributed by atoms with E-state index in [0.29, 0.717) is 10.9 Å². The van der Waals surface area contributed by atoms with Crippen LogP contribution < -0.4 is 5.73 Å². The molecule has 1 aliphatic rings. The first-order valence-electron chi connectivity index (χ1n) is 6.33. The molecule has 1 aromatic carbocycles. The van der Waals surface area contributed by atoms with E-state index in [2.05, 4.69) is 9.55 Å². The van der Waals surface area contributed by atoms with Gasteiger partial charge in [0, 0.05) is 34.7 Å². The molecule has 0 saturated carbocycles. The largest absolute Gasteiger partial charge is 0.399 e. The molecule has 4 nitrogen and oxygen atoms in total. The van der Waals surface area contributed by atoms with E-state index in [4.69, 9.17) is 5.73 Å². The fraction of sp³-hybridized carbons (Fsp3) is 0.462. The number of hydrogen-bond acceptors (Lipinski definition) is 5. The van der Waals surface area contributed by atoms with E-state index in [1.807, 2.05) is 41.7 Å². The molecule has 19 heavy (non-hydrogen) atoms. The van der Waals surface area contributed by atoms with Gasteiger partial charge in [-0.25, -0.2) is 4.98 Å². The smallest absolute Gasteiger partial charge is 0.135 e. The summed E-state index contributed by atoms with van der Waals surface area (Å²) in [6.45, 7) is 0.882. The van der Waals surface area contributed by atoms with Gasteiger partial charge in [0.05, 0.1) is 11.0 Å². The molecule has 2 heterocycles. The van der Waals surface area contributed by atoms with E-state index in [1.165, 1.54) is 17.3 Å². The number of nitrogens with two attached hydrogens (primary N) is 1. The number of hydrogen-bond donors (Lipinski definition) is 2. The number of anilines is 1. The molecule has 1 unspecified atom stereocenters. The van der Waals surface area contributed by atoms with E-state index in [-0.39, 0.29) is 6.61 Å². The third-order valence-corrected chi connectivity index (χ3v) is 6.09. The molecule has 1 fully saturated rings. The minimum Gasteiger partial charge on any atom is -0.399 e. The van der Waals surface area contributed by atoms with E-state index >= 15 is 0 Å². The summed E-state index contributed by atoms with van der Waals surface area (Å²) in [5.41, 5.74) is 8.44. The predicted molar refractivity (Wildman–Crippen MR) is 83.6 cm³/mol. The van der Waals surface area contributed by atoms with Crippen LogP contribution in [-0.2, 0) is 13.2 Å². The summed E-state index contributed by atoms with van der Waals surface area (Å²) in [7, 11) is 0. The average molecular weight is 295 g/mol. The normalized spacial score (nSPS) is 19.9. The van der Waals surface area contributed by atoms with Crippen LogP contribution in [0.25, 0.3) is 11.0 Å². The van der Waals surface area contributed by atoms with Gasteiger partial charge in [0.25, 0.3) is 0 Å². The van der Waals surface area contributed by atoms with E-state index in [9.17, 15) is 5.11 Å². The number of nitrogen functional groups attached to an aromatic ring is 1. The predicted octanol–water partition coefficient (Wildman–Crippen LogP) is 1.96. The lowest BCUT2D eigenvalue weighted by molar-refractivity contribution is 0.266. The Hall–Kier alpha value is -0.850. The zero-order chi connectivity index (χ0) is 13.2. The van der Waals surface area contributed by atoms with Crippen LogP contribution in [0.2, 0.25) is 0 Å².